The van der Waals surface area contributed by atoms with Crippen molar-refractivity contribution in [3.05, 3.63) is 23.7 Å². The minimum atomic E-state index is -0.306. The van der Waals surface area contributed by atoms with Crippen LogP contribution < -0.4 is 5.73 Å². The molecule has 0 amide bonds. The maximum atomic E-state index is 11.9. The van der Waals surface area contributed by atoms with E-state index in [1.165, 1.54) is 19.3 Å². The molecule has 0 aromatic carbocycles. The molecule has 1 aliphatic carbocycles. The normalized spacial score (nSPS) is 21.9. The van der Waals surface area contributed by atoms with E-state index in [-0.39, 0.29) is 5.97 Å². The highest BCUT2D eigenvalue weighted by molar-refractivity contribution is 5.90. The number of nitrogens with two attached hydrogens (primary N) is 1. The number of hydrogen-bond donors (Lipinski definition) is 1. The summed E-state index contributed by atoms with van der Waals surface area (Å²) < 4.78 is 10.6. The van der Waals surface area contributed by atoms with Gasteiger partial charge in [0.05, 0.1) is 19.4 Å². The molecule has 1 aromatic heterocycles. The Morgan fingerprint density at radius 2 is 2.29 bits per heavy atom. The molecule has 2 N–H and O–H groups in total. The van der Waals surface area contributed by atoms with Crippen LogP contribution >= 0.6 is 0 Å². The second kappa shape index (κ2) is 7.61. The Labute approximate surface area is 126 Å². The van der Waals surface area contributed by atoms with E-state index in [0.29, 0.717) is 36.4 Å². The smallest absolute Gasteiger partial charge is 0.341 e. The highest BCUT2D eigenvalue weighted by atomic mass is 16.5. The summed E-state index contributed by atoms with van der Waals surface area (Å²) in [6.45, 7) is 6.60. The van der Waals surface area contributed by atoms with Crippen LogP contribution in [-0.4, -0.2) is 36.6 Å². The Kier molecular flexibility index (Phi) is 5.82. The summed E-state index contributed by atoms with van der Waals surface area (Å²) in [7, 11) is 0. The molecule has 0 saturated heterocycles. The lowest BCUT2D eigenvalue weighted by Crippen LogP contribution is -2.40. The van der Waals surface area contributed by atoms with E-state index in [0.717, 1.165) is 13.1 Å². The molecule has 1 aliphatic rings. The molecule has 1 saturated carbocycles. The molecule has 5 nitrogen and oxygen atoms in total. The summed E-state index contributed by atoms with van der Waals surface area (Å²) in [4.78, 5) is 14.3. The van der Waals surface area contributed by atoms with Gasteiger partial charge in [-0.1, -0.05) is 13.3 Å². The van der Waals surface area contributed by atoms with E-state index < -0.39 is 0 Å². The standard InChI is InChI=1S/C16H26N2O3/c1-3-18(14-7-5-6-12(14)10-17)11-15-13(8-9-21-15)16(19)20-4-2/h8-9,12,14H,3-7,10-11,17H2,1-2H3. The average molecular weight is 294 g/mol. The monoisotopic (exact) mass is 294 g/mol. The largest absolute Gasteiger partial charge is 0.467 e. The van der Waals surface area contributed by atoms with Gasteiger partial charge in [-0.25, -0.2) is 4.79 Å². The first-order valence-electron chi connectivity index (χ1n) is 7.88. The minimum absolute atomic E-state index is 0.306. The van der Waals surface area contributed by atoms with Gasteiger partial charge in [-0.2, -0.15) is 0 Å². The van der Waals surface area contributed by atoms with Crippen molar-refractivity contribution in [2.24, 2.45) is 11.7 Å². The average Bonchev–Trinajstić information content (AvgIpc) is 3.13. The maximum Gasteiger partial charge on any atom is 0.341 e. The zero-order valence-corrected chi connectivity index (χ0v) is 13.0. The molecule has 0 radical (unpaired) electrons. The van der Waals surface area contributed by atoms with E-state index in [9.17, 15) is 4.79 Å². The van der Waals surface area contributed by atoms with Gasteiger partial charge in [0.25, 0.3) is 0 Å². The van der Waals surface area contributed by atoms with Gasteiger partial charge >= 0.3 is 5.97 Å². The van der Waals surface area contributed by atoms with Crippen molar-refractivity contribution in [1.82, 2.24) is 4.90 Å². The third kappa shape index (κ3) is 3.66. The van der Waals surface area contributed by atoms with Crippen LogP contribution in [0.15, 0.2) is 16.7 Å². The Bertz CT molecular complexity index is 458. The zero-order chi connectivity index (χ0) is 15.2. The summed E-state index contributed by atoms with van der Waals surface area (Å²) >= 11 is 0. The van der Waals surface area contributed by atoms with Crippen LogP contribution in [0.2, 0.25) is 0 Å². The van der Waals surface area contributed by atoms with Gasteiger partial charge in [0.15, 0.2) is 0 Å². The van der Waals surface area contributed by atoms with E-state index in [4.69, 9.17) is 14.9 Å². The van der Waals surface area contributed by atoms with Crippen molar-refractivity contribution in [3.8, 4) is 0 Å². The Morgan fingerprint density at radius 3 is 2.95 bits per heavy atom. The van der Waals surface area contributed by atoms with Crippen LogP contribution in [-0.2, 0) is 11.3 Å². The number of carbonyl (C=O) groups is 1. The molecule has 5 heteroatoms. The van der Waals surface area contributed by atoms with Crippen LogP contribution in [0, 0.1) is 5.92 Å². The number of esters is 1. The molecule has 118 valence electrons. The van der Waals surface area contributed by atoms with Crippen molar-refractivity contribution in [3.63, 3.8) is 0 Å². The first kappa shape index (κ1) is 16.0. The van der Waals surface area contributed by atoms with Gasteiger partial charge in [-0.05, 0) is 44.8 Å². The first-order valence-corrected chi connectivity index (χ1v) is 7.88. The summed E-state index contributed by atoms with van der Waals surface area (Å²) in [5.74, 6) is 0.933. The first-order chi connectivity index (χ1) is 10.2. The molecule has 1 heterocycles. The maximum absolute atomic E-state index is 11.9. The lowest BCUT2D eigenvalue weighted by molar-refractivity contribution is 0.0520. The van der Waals surface area contributed by atoms with Gasteiger partial charge in [0.2, 0.25) is 0 Å². The fourth-order valence-electron chi connectivity index (χ4n) is 3.27. The van der Waals surface area contributed by atoms with E-state index >= 15 is 0 Å². The van der Waals surface area contributed by atoms with Crippen molar-refractivity contribution in [2.75, 3.05) is 19.7 Å². The molecule has 0 bridgehead atoms. The van der Waals surface area contributed by atoms with E-state index in [1.54, 1.807) is 19.3 Å². The van der Waals surface area contributed by atoms with E-state index in [2.05, 4.69) is 11.8 Å². The van der Waals surface area contributed by atoms with E-state index in [1.807, 2.05) is 0 Å². The lowest BCUT2D eigenvalue weighted by atomic mass is 10.0. The number of hydrogen-bond acceptors (Lipinski definition) is 5. The predicted octanol–water partition coefficient (Wildman–Crippen LogP) is 2.41. The second-order valence-electron chi connectivity index (χ2n) is 5.54. The summed E-state index contributed by atoms with van der Waals surface area (Å²) in [5, 5.41) is 0. The van der Waals surface area contributed by atoms with Gasteiger partial charge in [0.1, 0.15) is 11.3 Å². The van der Waals surface area contributed by atoms with Gasteiger partial charge in [-0.15, -0.1) is 0 Å². The van der Waals surface area contributed by atoms with Crippen molar-refractivity contribution in [2.45, 2.75) is 45.7 Å². The van der Waals surface area contributed by atoms with Crippen molar-refractivity contribution < 1.29 is 13.9 Å². The Morgan fingerprint density at radius 1 is 1.48 bits per heavy atom. The van der Waals surface area contributed by atoms with Crippen LogP contribution in [0.5, 0.6) is 0 Å². The third-order valence-electron chi connectivity index (χ3n) is 4.38. The Balaban J connectivity index is 2.08. The van der Waals surface area contributed by atoms with Crippen LogP contribution in [0.1, 0.15) is 49.2 Å². The zero-order valence-electron chi connectivity index (χ0n) is 13.0. The van der Waals surface area contributed by atoms with Crippen LogP contribution in [0.3, 0.4) is 0 Å². The summed E-state index contributed by atoms with van der Waals surface area (Å²) in [6.07, 6.45) is 5.15. The number of rotatable bonds is 7. The molecule has 0 spiro atoms. The molecule has 2 rings (SSSR count). The molecule has 0 aliphatic heterocycles. The molecule has 21 heavy (non-hydrogen) atoms. The third-order valence-corrected chi connectivity index (χ3v) is 4.38. The fourth-order valence-corrected chi connectivity index (χ4v) is 3.27. The highest BCUT2D eigenvalue weighted by Gasteiger charge is 2.31. The molecule has 1 fully saturated rings. The van der Waals surface area contributed by atoms with Gasteiger partial charge in [-0.3, -0.25) is 4.90 Å². The summed E-state index contributed by atoms with van der Waals surface area (Å²) in [5.41, 5.74) is 6.42. The lowest BCUT2D eigenvalue weighted by Gasteiger charge is -2.31. The van der Waals surface area contributed by atoms with Crippen LogP contribution in [0.25, 0.3) is 0 Å². The number of ether oxygens (including phenoxy) is 1. The van der Waals surface area contributed by atoms with Crippen molar-refractivity contribution >= 4 is 5.97 Å². The van der Waals surface area contributed by atoms with Crippen molar-refractivity contribution in [1.29, 1.82) is 0 Å². The number of carbonyl (C=O) groups excluding carboxylic acids is 1. The molecular formula is C16H26N2O3. The fraction of sp³-hybridized carbons (Fsp3) is 0.688. The summed E-state index contributed by atoms with van der Waals surface area (Å²) in [6, 6.07) is 2.18. The molecule has 2 unspecified atom stereocenters. The predicted molar refractivity (Wildman–Crippen MR) is 80.9 cm³/mol. The highest BCUT2D eigenvalue weighted by Crippen LogP contribution is 2.30. The molecular weight excluding hydrogens is 268 g/mol. The number of furan rings is 1. The topological polar surface area (TPSA) is 68.7 Å². The van der Waals surface area contributed by atoms with Crippen LogP contribution in [0.4, 0.5) is 0 Å². The molecule has 2 atom stereocenters. The molecule has 1 aromatic rings. The Hall–Kier alpha value is -1.33. The minimum Gasteiger partial charge on any atom is -0.467 e. The van der Waals surface area contributed by atoms with Gasteiger partial charge < -0.3 is 14.9 Å². The number of nitrogens with zero attached hydrogens (tertiary/aromatic N) is 1. The van der Waals surface area contributed by atoms with Gasteiger partial charge in [0, 0.05) is 6.04 Å². The second-order valence-corrected chi connectivity index (χ2v) is 5.54. The quantitative estimate of drug-likeness (QED) is 0.782. The SMILES string of the molecule is CCOC(=O)c1ccoc1CN(CC)C1CCCC1CN.